The molecule has 1 unspecified atom stereocenters. The molecule has 1 atom stereocenters. The highest BCUT2D eigenvalue weighted by atomic mass is 16.5. The van der Waals surface area contributed by atoms with E-state index in [1.807, 2.05) is 0 Å². The van der Waals surface area contributed by atoms with E-state index in [1.165, 1.54) is 40.8 Å². The Kier molecular flexibility index (Phi) is 6.03. The molecule has 0 aliphatic carbocycles. The molecular weight excluding hydrogens is 366 g/mol. The monoisotopic (exact) mass is 389 g/mol. The van der Waals surface area contributed by atoms with Gasteiger partial charge in [-0.1, -0.05) is 0 Å². The first-order valence-electron chi connectivity index (χ1n) is 8.72. The lowest BCUT2D eigenvalue weighted by Gasteiger charge is -2.19. The third-order valence-electron chi connectivity index (χ3n) is 4.45. The minimum atomic E-state index is -0.198. The Hall–Kier alpha value is -3.23. The van der Waals surface area contributed by atoms with Gasteiger partial charge in [0.2, 0.25) is 5.75 Å². The maximum absolute atomic E-state index is 13.0. The van der Waals surface area contributed by atoms with Gasteiger partial charge >= 0.3 is 0 Å². The minimum absolute atomic E-state index is 0.142. The molecule has 0 saturated carbocycles. The lowest BCUT2D eigenvalue weighted by atomic mass is 10.1. The number of methoxy groups -OCH3 is 4. The number of hydrogen-bond acceptors (Lipinski definition) is 8. The van der Waals surface area contributed by atoms with E-state index < -0.39 is 0 Å². The van der Waals surface area contributed by atoms with Crippen LogP contribution in [0, 0.1) is 0 Å². The highest BCUT2D eigenvalue weighted by Crippen LogP contribution is 2.38. The standard InChI is InChI=1S/C19H23N3O6/c1-24-14-9-12(10-15(25-2)16(14)26-3)19(23)22-8-5-13(11-22)28-18-17(27-4)20-6-7-21-18/h6-7,9-10,13H,5,8,11H2,1-4H3. The van der Waals surface area contributed by atoms with Crippen LogP contribution in [0.15, 0.2) is 24.5 Å². The van der Waals surface area contributed by atoms with Gasteiger partial charge in [0.15, 0.2) is 11.5 Å². The summed E-state index contributed by atoms with van der Waals surface area (Å²) in [5, 5.41) is 0. The van der Waals surface area contributed by atoms with Crippen molar-refractivity contribution in [1.82, 2.24) is 14.9 Å². The molecule has 28 heavy (non-hydrogen) atoms. The molecule has 1 aromatic heterocycles. The van der Waals surface area contributed by atoms with Crippen LogP contribution in [-0.2, 0) is 0 Å². The molecule has 1 saturated heterocycles. The Morgan fingerprint density at radius 3 is 2.18 bits per heavy atom. The predicted octanol–water partition coefficient (Wildman–Crippen LogP) is 1.80. The fourth-order valence-electron chi connectivity index (χ4n) is 3.09. The average Bonchev–Trinajstić information content (AvgIpc) is 3.20. The first-order valence-corrected chi connectivity index (χ1v) is 8.72. The number of aromatic nitrogens is 2. The van der Waals surface area contributed by atoms with Gasteiger partial charge in [-0.15, -0.1) is 0 Å². The maximum atomic E-state index is 13.0. The zero-order valence-electron chi connectivity index (χ0n) is 16.3. The summed E-state index contributed by atoms with van der Waals surface area (Å²) in [7, 11) is 6.05. The molecule has 1 amide bonds. The van der Waals surface area contributed by atoms with Crippen molar-refractivity contribution in [2.75, 3.05) is 41.5 Å². The van der Waals surface area contributed by atoms with Crippen LogP contribution < -0.4 is 23.7 Å². The van der Waals surface area contributed by atoms with E-state index in [1.54, 1.807) is 17.0 Å². The number of rotatable bonds is 7. The predicted molar refractivity (Wildman–Crippen MR) is 99.6 cm³/mol. The number of benzene rings is 1. The highest BCUT2D eigenvalue weighted by molar-refractivity contribution is 5.95. The molecule has 2 heterocycles. The normalized spacial score (nSPS) is 15.9. The van der Waals surface area contributed by atoms with Crippen molar-refractivity contribution in [2.24, 2.45) is 0 Å². The molecule has 0 bridgehead atoms. The largest absolute Gasteiger partial charge is 0.493 e. The summed E-state index contributed by atoms with van der Waals surface area (Å²) in [6.45, 7) is 0.984. The minimum Gasteiger partial charge on any atom is -0.493 e. The number of carbonyl (C=O) groups excluding carboxylic acids is 1. The van der Waals surface area contributed by atoms with Crippen LogP contribution in [0.5, 0.6) is 29.0 Å². The topological polar surface area (TPSA) is 92.2 Å². The number of carbonyl (C=O) groups is 1. The van der Waals surface area contributed by atoms with Crippen molar-refractivity contribution >= 4 is 5.91 Å². The van der Waals surface area contributed by atoms with Gasteiger partial charge in [-0.25, -0.2) is 9.97 Å². The smallest absolute Gasteiger partial charge is 0.278 e. The quantitative estimate of drug-likeness (QED) is 0.708. The fraction of sp³-hybridized carbons (Fsp3) is 0.421. The molecule has 0 radical (unpaired) electrons. The van der Waals surface area contributed by atoms with Crippen molar-refractivity contribution in [3.05, 3.63) is 30.1 Å². The molecule has 150 valence electrons. The van der Waals surface area contributed by atoms with Gasteiger partial charge in [-0.3, -0.25) is 4.79 Å². The van der Waals surface area contributed by atoms with E-state index in [9.17, 15) is 4.79 Å². The van der Waals surface area contributed by atoms with Crippen LogP contribution in [-0.4, -0.2) is 68.4 Å². The Morgan fingerprint density at radius 1 is 0.964 bits per heavy atom. The summed E-state index contributed by atoms with van der Waals surface area (Å²) in [6.07, 6.45) is 3.54. The van der Waals surface area contributed by atoms with E-state index in [4.69, 9.17) is 23.7 Å². The molecule has 9 heteroatoms. The van der Waals surface area contributed by atoms with Crippen molar-refractivity contribution in [3.8, 4) is 29.0 Å². The van der Waals surface area contributed by atoms with Crippen molar-refractivity contribution in [1.29, 1.82) is 0 Å². The number of likely N-dealkylation sites (tertiary alicyclic amines) is 1. The molecular formula is C19H23N3O6. The third-order valence-corrected chi connectivity index (χ3v) is 4.45. The Labute approximate surface area is 163 Å². The van der Waals surface area contributed by atoms with Gasteiger partial charge in [0.25, 0.3) is 17.7 Å². The van der Waals surface area contributed by atoms with Crippen LogP contribution in [0.1, 0.15) is 16.8 Å². The average molecular weight is 389 g/mol. The van der Waals surface area contributed by atoms with Crippen molar-refractivity contribution < 1.29 is 28.5 Å². The van der Waals surface area contributed by atoms with E-state index in [-0.39, 0.29) is 12.0 Å². The Morgan fingerprint density at radius 2 is 1.61 bits per heavy atom. The summed E-state index contributed by atoms with van der Waals surface area (Å²) in [5.41, 5.74) is 0.451. The number of amides is 1. The van der Waals surface area contributed by atoms with Crippen LogP contribution >= 0.6 is 0 Å². The van der Waals surface area contributed by atoms with Gasteiger partial charge in [0.05, 0.1) is 35.0 Å². The second-order valence-electron chi connectivity index (χ2n) is 6.06. The van der Waals surface area contributed by atoms with Gasteiger partial charge in [-0.05, 0) is 12.1 Å². The van der Waals surface area contributed by atoms with Gasteiger partial charge in [0, 0.05) is 30.9 Å². The van der Waals surface area contributed by atoms with E-state index in [0.717, 1.165) is 0 Å². The third kappa shape index (κ3) is 3.88. The highest BCUT2D eigenvalue weighted by Gasteiger charge is 2.30. The summed E-state index contributed by atoms with van der Waals surface area (Å²) in [4.78, 5) is 22.9. The second-order valence-corrected chi connectivity index (χ2v) is 6.06. The fourth-order valence-corrected chi connectivity index (χ4v) is 3.09. The zero-order valence-corrected chi connectivity index (χ0v) is 16.3. The Bertz CT molecular complexity index is 819. The zero-order chi connectivity index (χ0) is 20.1. The summed E-state index contributed by atoms with van der Waals surface area (Å²) < 4.78 is 27.0. The van der Waals surface area contributed by atoms with Gasteiger partial charge in [0.1, 0.15) is 6.10 Å². The molecule has 1 fully saturated rings. The summed E-state index contributed by atoms with van der Waals surface area (Å²) >= 11 is 0. The molecule has 1 aliphatic heterocycles. The first-order chi connectivity index (χ1) is 13.6. The van der Waals surface area contributed by atoms with Crippen LogP contribution in [0.4, 0.5) is 0 Å². The molecule has 9 nitrogen and oxygen atoms in total. The number of hydrogen-bond donors (Lipinski definition) is 0. The van der Waals surface area contributed by atoms with E-state index >= 15 is 0 Å². The van der Waals surface area contributed by atoms with E-state index in [2.05, 4.69) is 9.97 Å². The van der Waals surface area contributed by atoms with Crippen LogP contribution in [0.25, 0.3) is 0 Å². The van der Waals surface area contributed by atoms with E-state index in [0.29, 0.717) is 54.1 Å². The SMILES string of the molecule is COc1cc(C(=O)N2CCC(Oc3nccnc3OC)C2)cc(OC)c1OC. The maximum Gasteiger partial charge on any atom is 0.278 e. The first kappa shape index (κ1) is 19.5. The summed E-state index contributed by atoms with van der Waals surface area (Å²) in [6, 6.07) is 3.28. The number of ether oxygens (including phenoxy) is 5. The lowest BCUT2D eigenvalue weighted by Crippen LogP contribution is -2.31. The van der Waals surface area contributed by atoms with Crippen LogP contribution in [0.3, 0.4) is 0 Å². The molecule has 1 aromatic carbocycles. The van der Waals surface area contributed by atoms with Crippen LogP contribution in [0.2, 0.25) is 0 Å². The van der Waals surface area contributed by atoms with Crippen molar-refractivity contribution in [3.63, 3.8) is 0 Å². The number of nitrogens with zero attached hydrogens (tertiary/aromatic N) is 3. The Balaban J connectivity index is 1.74. The molecule has 1 aliphatic rings. The molecule has 0 spiro atoms. The summed E-state index contributed by atoms with van der Waals surface area (Å²) in [5.74, 6) is 1.80. The molecule has 3 rings (SSSR count). The second kappa shape index (κ2) is 8.64. The van der Waals surface area contributed by atoms with Gasteiger partial charge in [-0.2, -0.15) is 0 Å². The van der Waals surface area contributed by atoms with Crippen molar-refractivity contribution in [2.45, 2.75) is 12.5 Å². The lowest BCUT2D eigenvalue weighted by molar-refractivity contribution is 0.0769. The molecule has 0 N–H and O–H groups in total. The molecule has 2 aromatic rings. The van der Waals surface area contributed by atoms with Gasteiger partial charge < -0.3 is 28.6 Å².